The van der Waals surface area contributed by atoms with E-state index >= 15 is 0 Å². The molecule has 1 atom stereocenters. The zero-order valence-corrected chi connectivity index (χ0v) is 15.9. The van der Waals surface area contributed by atoms with Gasteiger partial charge in [-0.3, -0.25) is 0 Å². The predicted molar refractivity (Wildman–Crippen MR) is 92.3 cm³/mol. The van der Waals surface area contributed by atoms with Gasteiger partial charge in [-0.15, -0.1) is 0 Å². The van der Waals surface area contributed by atoms with Gasteiger partial charge in [-0.1, -0.05) is 74.3 Å². The van der Waals surface area contributed by atoms with Crippen LogP contribution in [0.15, 0.2) is 0 Å². The van der Waals surface area contributed by atoms with Crippen LogP contribution in [-0.4, -0.2) is 24.9 Å². The predicted octanol–water partition coefficient (Wildman–Crippen LogP) is 6.04. The summed E-state index contributed by atoms with van der Waals surface area (Å²) in [6.07, 6.45) is 0.340. The van der Waals surface area contributed by atoms with Crippen LogP contribution in [0.2, 0.25) is 24.2 Å². The minimum absolute atomic E-state index is 0.340. The summed E-state index contributed by atoms with van der Waals surface area (Å²) in [6, 6.07) is 5.50. The minimum Gasteiger partial charge on any atom is -0.364 e. The van der Waals surface area contributed by atoms with Gasteiger partial charge in [0.15, 0.2) is 0 Å². The Morgan fingerprint density at radius 3 is 1.72 bits per heavy atom. The average Bonchev–Trinajstić information content (AvgIpc) is 2.32. The Balaban J connectivity index is 4.53. The van der Waals surface area contributed by atoms with E-state index in [9.17, 15) is 0 Å². The normalized spacial score (nSPS) is 14.5. The first-order chi connectivity index (χ1) is 8.39. The van der Waals surface area contributed by atoms with E-state index in [0.29, 0.717) is 16.8 Å². The lowest BCUT2D eigenvalue weighted by Gasteiger charge is -2.33. The Morgan fingerprint density at radius 2 is 1.39 bits per heavy atom. The third-order valence-corrected chi connectivity index (χ3v) is 12.8. The largest absolute Gasteiger partial charge is 0.364 e. The summed E-state index contributed by atoms with van der Waals surface area (Å²) in [5.41, 5.74) is 0.393. The first-order valence-electron chi connectivity index (χ1n) is 7.36. The van der Waals surface area contributed by atoms with Gasteiger partial charge in [-0.25, -0.2) is 0 Å². The lowest BCUT2D eigenvalue weighted by molar-refractivity contribution is 0.0690. The fourth-order valence-corrected chi connectivity index (χ4v) is 9.02. The summed E-state index contributed by atoms with van der Waals surface area (Å²) in [6.45, 7) is 16.0. The molecular weight excluding hydrogens is 276 g/mol. The van der Waals surface area contributed by atoms with Crippen LogP contribution in [0.25, 0.3) is 0 Å². The minimum atomic E-state index is -1.08. The molecule has 0 spiro atoms. The molecule has 0 rings (SSSR count). The van der Waals surface area contributed by atoms with Gasteiger partial charge in [0.2, 0.25) is 0 Å². The fourth-order valence-electron chi connectivity index (χ4n) is 2.12. The first-order valence-corrected chi connectivity index (χ1v) is 12.5. The molecule has 18 heavy (non-hydrogen) atoms. The van der Waals surface area contributed by atoms with Crippen LogP contribution in [0.1, 0.15) is 48.5 Å². The molecule has 0 aliphatic rings. The molecule has 0 saturated heterocycles. The summed E-state index contributed by atoms with van der Waals surface area (Å²) in [5.74, 6) is 0. The van der Waals surface area contributed by atoms with Gasteiger partial charge in [0, 0.05) is 5.25 Å². The molecule has 0 fully saturated rings. The quantitative estimate of drug-likeness (QED) is 0.277. The molecule has 0 heterocycles. The van der Waals surface area contributed by atoms with E-state index in [1.165, 1.54) is 24.2 Å². The smallest absolute Gasteiger partial charge is 0.111 e. The maximum Gasteiger partial charge on any atom is 0.111 e. The van der Waals surface area contributed by atoms with E-state index < -0.39 is 8.07 Å². The topological polar surface area (TPSA) is 9.23 Å². The third-order valence-electron chi connectivity index (χ3n) is 3.63. The van der Waals surface area contributed by atoms with Crippen molar-refractivity contribution in [2.75, 3.05) is 0 Å². The van der Waals surface area contributed by atoms with E-state index in [2.05, 4.69) is 48.5 Å². The fraction of sp³-hybridized carbons (Fsp3) is 1.00. The van der Waals surface area contributed by atoms with E-state index in [0.717, 1.165) is 0 Å². The number of hydrogen-bond donors (Lipinski definition) is 0. The average molecular weight is 309 g/mol. The van der Waals surface area contributed by atoms with Gasteiger partial charge in [-0.2, -0.15) is 0 Å². The van der Waals surface area contributed by atoms with Crippen molar-refractivity contribution in [2.45, 2.75) is 89.4 Å². The zero-order chi connectivity index (χ0) is 14.2. The highest BCUT2D eigenvalue weighted by atomic mass is 33.1. The Labute approximate surface area is 124 Å². The van der Waals surface area contributed by atoms with Gasteiger partial charge in [0.25, 0.3) is 0 Å². The van der Waals surface area contributed by atoms with Crippen molar-refractivity contribution in [1.82, 2.24) is 0 Å². The molecule has 1 unspecified atom stereocenters. The molecule has 4 heteroatoms. The first kappa shape index (κ1) is 18.9. The lowest BCUT2D eigenvalue weighted by atomic mass is 10.5. The maximum absolute atomic E-state index is 6.14. The number of ether oxygens (including phenoxy) is 1. The maximum atomic E-state index is 6.14. The lowest BCUT2D eigenvalue weighted by Crippen LogP contribution is -2.36. The van der Waals surface area contributed by atoms with Crippen molar-refractivity contribution in [3.63, 3.8) is 0 Å². The Morgan fingerprint density at radius 1 is 0.889 bits per heavy atom. The second-order valence-corrected chi connectivity index (χ2v) is 14.2. The molecule has 0 aliphatic carbocycles. The molecule has 0 aromatic rings. The van der Waals surface area contributed by atoms with Crippen LogP contribution < -0.4 is 0 Å². The molecule has 1 nitrogen and oxygen atoms in total. The Kier molecular flexibility index (Phi) is 10.2. The number of rotatable bonds is 10. The van der Waals surface area contributed by atoms with Crippen LogP contribution >= 0.6 is 21.6 Å². The molecule has 110 valence electrons. The second kappa shape index (κ2) is 9.73. The monoisotopic (exact) mass is 308 g/mol. The molecule has 0 radical (unpaired) electrons. The van der Waals surface area contributed by atoms with E-state index in [1.54, 1.807) is 0 Å². The van der Waals surface area contributed by atoms with E-state index in [4.69, 9.17) is 4.74 Å². The van der Waals surface area contributed by atoms with Crippen molar-refractivity contribution in [3.8, 4) is 0 Å². The van der Waals surface area contributed by atoms with Crippen molar-refractivity contribution < 1.29 is 4.74 Å². The highest BCUT2D eigenvalue weighted by molar-refractivity contribution is 8.77. The van der Waals surface area contributed by atoms with Crippen molar-refractivity contribution in [2.24, 2.45) is 0 Å². The molecule has 0 aliphatic heterocycles. The summed E-state index contributed by atoms with van der Waals surface area (Å²) in [5, 5.41) is 0.675. The van der Waals surface area contributed by atoms with Crippen LogP contribution in [-0.2, 0) is 4.74 Å². The molecule has 0 bridgehead atoms. The molecular formula is C14H32OS2Si. The summed E-state index contributed by atoms with van der Waals surface area (Å²) >= 11 is 0. The highest BCUT2D eigenvalue weighted by Gasteiger charge is 2.31. The third kappa shape index (κ3) is 7.46. The van der Waals surface area contributed by atoms with E-state index in [1.807, 2.05) is 21.6 Å². The second-order valence-electron chi connectivity index (χ2n) is 5.62. The van der Waals surface area contributed by atoms with Gasteiger partial charge in [0.05, 0.1) is 14.2 Å². The van der Waals surface area contributed by atoms with E-state index in [-0.39, 0.29) is 0 Å². The summed E-state index contributed by atoms with van der Waals surface area (Å²) < 4.78 is 6.14. The van der Waals surface area contributed by atoms with Crippen molar-refractivity contribution >= 4 is 29.7 Å². The summed E-state index contributed by atoms with van der Waals surface area (Å²) in [4.78, 5) is 0. The standard InChI is InChI=1S/C14H32OS2Si/c1-8-18(9-2,10-3)11-14(15-12(4)5)17-16-13(6)7/h12-14H,8-11H2,1-7H3. The van der Waals surface area contributed by atoms with Gasteiger partial charge >= 0.3 is 0 Å². The van der Waals surface area contributed by atoms with Crippen LogP contribution in [0.4, 0.5) is 0 Å². The van der Waals surface area contributed by atoms with Crippen molar-refractivity contribution in [1.29, 1.82) is 0 Å². The van der Waals surface area contributed by atoms with Gasteiger partial charge < -0.3 is 4.74 Å². The number of hydrogen-bond acceptors (Lipinski definition) is 3. The van der Waals surface area contributed by atoms with Gasteiger partial charge in [-0.05, 0) is 19.9 Å². The Hall–Kier alpha value is 0.877. The van der Waals surface area contributed by atoms with Crippen molar-refractivity contribution in [3.05, 3.63) is 0 Å². The van der Waals surface area contributed by atoms with Crippen LogP contribution in [0, 0.1) is 0 Å². The summed E-state index contributed by atoms with van der Waals surface area (Å²) in [7, 11) is 2.85. The van der Waals surface area contributed by atoms with Crippen LogP contribution in [0.5, 0.6) is 0 Å². The molecule has 0 amide bonds. The Bertz CT molecular complexity index is 198. The molecule has 0 saturated carbocycles. The SMILES string of the molecule is CC[Si](CC)(CC)CC(OC(C)C)SSC(C)C. The van der Waals surface area contributed by atoms with Crippen LogP contribution in [0.3, 0.4) is 0 Å². The zero-order valence-electron chi connectivity index (χ0n) is 13.3. The van der Waals surface area contributed by atoms with Gasteiger partial charge in [0.1, 0.15) is 5.44 Å². The highest BCUT2D eigenvalue weighted by Crippen LogP contribution is 2.39. The molecule has 0 aromatic heterocycles. The molecule has 0 N–H and O–H groups in total. The molecule has 0 aromatic carbocycles.